The fourth-order valence-electron chi connectivity index (χ4n) is 4.10. The molecule has 2 aromatic heterocycles. The van der Waals surface area contributed by atoms with E-state index in [1.807, 2.05) is 23.0 Å². The average molecular weight is 390 g/mol. The average Bonchev–Trinajstić information content (AvgIpc) is 3.36. The predicted molar refractivity (Wildman–Crippen MR) is 104 cm³/mol. The van der Waals surface area contributed by atoms with Gasteiger partial charge in [-0.15, -0.1) is 0 Å². The molecule has 0 bridgehead atoms. The molecule has 27 heavy (non-hydrogen) atoms. The van der Waals surface area contributed by atoms with E-state index in [9.17, 15) is 8.42 Å². The summed E-state index contributed by atoms with van der Waals surface area (Å²) < 4.78 is 30.3. The molecule has 1 saturated heterocycles. The SMILES string of the molecule is O=S(=O)(NC1CCCC1)C1CCCN(Cc2ccc(-n3ccnc3)nc2)C1. The van der Waals surface area contributed by atoms with E-state index in [4.69, 9.17) is 0 Å². The molecule has 1 atom stereocenters. The fraction of sp³-hybridized carbons (Fsp3) is 0.579. The number of nitrogens with one attached hydrogen (secondary N) is 1. The van der Waals surface area contributed by atoms with Crippen molar-refractivity contribution in [3.8, 4) is 5.82 Å². The third kappa shape index (κ3) is 4.56. The van der Waals surface area contributed by atoms with Gasteiger partial charge in [-0.05, 0) is 43.9 Å². The second-order valence-corrected chi connectivity index (χ2v) is 9.63. The maximum Gasteiger partial charge on any atom is 0.215 e. The van der Waals surface area contributed by atoms with E-state index < -0.39 is 10.0 Å². The highest BCUT2D eigenvalue weighted by Crippen LogP contribution is 2.23. The molecule has 0 spiro atoms. The molecule has 8 heteroatoms. The molecule has 1 aliphatic carbocycles. The van der Waals surface area contributed by atoms with Crippen molar-refractivity contribution < 1.29 is 8.42 Å². The first-order valence-corrected chi connectivity index (χ1v) is 11.3. The van der Waals surface area contributed by atoms with Crippen LogP contribution in [-0.2, 0) is 16.6 Å². The van der Waals surface area contributed by atoms with Crippen LogP contribution in [0.1, 0.15) is 44.1 Å². The minimum Gasteiger partial charge on any atom is -0.298 e. The zero-order valence-electron chi connectivity index (χ0n) is 15.5. The van der Waals surface area contributed by atoms with Crippen LogP contribution in [0.4, 0.5) is 0 Å². The lowest BCUT2D eigenvalue weighted by Gasteiger charge is -2.33. The van der Waals surface area contributed by atoms with Gasteiger partial charge in [0.15, 0.2) is 0 Å². The van der Waals surface area contributed by atoms with E-state index in [1.165, 1.54) is 0 Å². The Hall–Kier alpha value is -1.77. The van der Waals surface area contributed by atoms with Gasteiger partial charge in [0.1, 0.15) is 12.1 Å². The number of hydrogen-bond donors (Lipinski definition) is 1. The first kappa shape index (κ1) is 18.6. The molecular formula is C19H27N5O2S. The summed E-state index contributed by atoms with van der Waals surface area (Å²) >= 11 is 0. The first-order chi connectivity index (χ1) is 13.1. The van der Waals surface area contributed by atoms with Gasteiger partial charge in [0.2, 0.25) is 10.0 Å². The van der Waals surface area contributed by atoms with Gasteiger partial charge in [0, 0.05) is 37.7 Å². The van der Waals surface area contributed by atoms with Crippen LogP contribution in [0.25, 0.3) is 5.82 Å². The van der Waals surface area contributed by atoms with Crippen LogP contribution < -0.4 is 4.72 Å². The van der Waals surface area contributed by atoms with Crippen LogP contribution in [0.3, 0.4) is 0 Å². The van der Waals surface area contributed by atoms with Gasteiger partial charge in [-0.2, -0.15) is 0 Å². The van der Waals surface area contributed by atoms with E-state index in [2.05, 4.69) is 25.7 Å². The van der Waals surface area contributed by atoms with Crippen molar-refractivity contribution in [2.75, 3.05) is 13.1 Å². The van der Waals surface area contributed by atoms with Gasteiger partial charge in [0.25, 0.3) is 0 Å². The minimum absolute atomic E-state index is 0.144. The number of piperidine rings is 1. The van der Waals surface area contributed by atoms with Gasteiger partial charge in [-0.3, -0.25) is 9.47 Å². The molecule has 0 radical (unpaired) electrons. The van der Waals surface area contributed by atoms with Crippen molar-refractivity contribution in [3.63, 3.8) is 0 Å². The van der Waals surface area contributed by atoms with Crippen LogP contribution in [0.15, 0.2) is 37.1 Å². The molecule has 1 N–H and O–H groups in total. The quantitative estimate of drug-likeness (QED) is 0.818. The largest absolute Gasteiger partial charge is 0.298 e. The number of sulfonamides is 1. The second kappa shape index (κ2) is 8.08. The van der Waals surface area contributed by atoms with E-state index in [0.717, 1.165) is 63.0 Å². The van der Waals surface area contributed by atoms with Crippen LogP contribution in [0.2, 0.25) is 0 Å². The summed E-state index contributed by atoms with van der Waals surface area (Å²) in [6, 6.07) is 4.17. The Morgan fingerprint density at radius 2 is 2.00 bits per heavy atom. The molecular weight excluding hydrogens is 362 g/mol. The summed E-state index contributed by atoms with van der Waals surface area (Å²) in [4.78, 5) is 10.8. The summed E-state index contributed by atoms with van der Waals surface area (Å²) in [6.45, 7) is 2.25. The number of aromatic nitrogens is 3. The lowest BCUT2D eigenvalue weighted by molar-refractivity contribution is 0.221. The summed E-state index contributed by atoms with van der Waals surface area (Å²) in [5, 5.41) is -0.315. The van der Waals surface area contributed by atoms with Gasteiger partial charge in [-0.25, -0.2) is 23.1 Å². The third-order valence-electron chi connectivity index (χ3n) is 5.57. The lowest BCUT2D eigenvalue weighted by Crippen LogP contribution is -2.48. The van der Waals surface area contributed by atoms with Crippen LogP contribution in [0.5, 0.6) is 0 Å². The van der Waals surface area contributed by atoms with E-state index in [-0.39, 0.29) is 11.3 Å². The molecule has 3 heterocycles. The second-order valence-electron chi connectivity index (χ2n) is 7.64. The molecule has 2 aromatic rings. The van der Waals surface area contributed by atoms with Crippen LogP contribution >= 0.6 is 0 Å². The van der Waals surface area contributed by atoms with Gasteiger partial charge >= 0.3 is 0 Å². The summed E-state index contributed by atoms with van der Waals surface area (Å²) in [5.74, 6) is 0.830. The van der Waals surface area contributed by atoms with Crippen molar-refractivity contribution in [2.45, 2.75) is 56.4 Å². The maximum atomic E-state index is 12.8. The summed E-state index contributed by atoms with van der Waals surface area (Å²) in [5.41, 5.74) is 1.10. The highest BCUT2D eigenvalue weighted by Gasteiger charge is 2.33. The van der Waals surface area contributed by atoms with E-state index in [0.29, 0.717) is 6.54 Å². The summed E-state index contributed by atoms with van der Waals surface area (Å²) in [6.07, 6.45) is 13.0. The monoisotopic (exact) mass is 389 g/mol. The van der Waals surface area contributed by atoms with Crippen molar-refractivity contribution in [2.24, 2.45) is 0 Å². The Morgan fingerprint density at radius 3 is 2.70 bits per heavy atom. The van der Waals surface area contributed by atoms with Gasteiger partial charge < -0.3 is 0 Å². The predicted octanol–water partition coefficient (Wildman–Crippen LogP) is 2.09. The van der Waals surface area contributed by atoms with Crippen molar-refractivity contribution in [3.05, 3.63) is 42.6 Å². The first-order valence-electron chi connectivity index (χ1n) is 9.77. The number of nitrogens with zero attached hydrogens (tertiary/aromatic N) is 4. The van der Waals surface area contributed by atoms with E-state index in [1.54, 1.807) is 12.5 Å². The molecule has 2 fully saturated rings. The Bertz CT molecular complexity index is 829. The number of likely N-dealkylation sites (tertiary alicyclic amines) is 1. The normalized spacial score (nSPS) is 22.3. The maximum absolute atomic E-state index is 12.8. The molecule has 0 amide bonds. The van der Waals surface area contributed by atoms with Crippen molar-refractivity contribution >= 4 is 10.0 Å². The zero-order chi connectivity index (χ0) is 18.7. The van der Waals surface area contributed by atoms with Crippen molar-refractivity contribution in [1.29, 1.82) is 0 Å². The number of hydrogen-bond acceptors (Lipinski definition) is 5. The Morgan fingerprint density at radius 1 is 1.15 bits per heavy atom. The van der Waals surface area contributed by atoms with Gasteiger partial charge in [0.05, 0.1) is 5.25 Å². The molecule has 1 aliphatic heterocycles. The molecule has 146 valence electrons. The van der Waals surface area contributed by atoms with E-state index >= 15 is 0 Å². The Balaban J connectivity index is 1.36. The van der Waals surface area contributed by atoms with Crippen molar-refractivity contribution in [1.82, 2.24) is 24.2 Å². The topological polar surface area (TPSA) is 80.1 Å². The molecule has 1 saturated carbocycles. The molecule has 2 aliphatic rings. The molecule has 4 rings (SSSR count). The fourth-order valence-corrected chi connectivity index (χ4v) is 5.87. The third-order valence-corrected chi connectivity index (χ3v) is 7.50. The standard InChI is InChI=1S/C19H27N5O2S/c25-27(26,22-17-4-1-2-5-17)18-6-3-10-23(14-18)13-16-7-8-19(21-12-16)24-11-9-20-15-24/h7-9,11-12,15,17-18,22H,1-6,10,13-14H2. The summed E-state index contributed by atoms with van der Waals surface area (Å²) in [7, 11) is -3.25. The Labute approximate surface area is 160 Å². The smallest absolute Gasteiger partial charge is 0.215 e. The van der Waals surface area contributed by atoms with Crippen LogP contribution in [-0.4, -0.2) is 52.2 Å². The molecule has 7 nitrogen and oxygen atoms in total. The highest BCUT2D eigenvalue weighted by molar-refractivity contribution is 7.90. The zero-order valence-corrected chi connectivity index (χ0v) is 16.3. The number of pyridine rings is 1. The highest BCUT2D eigenvalue weighted by atomic mass is 32.2. The lowest BCUT2D eigenvalue weighted by atomic mass is 10.1. The minimum atomic E-state index is -3.25. The number of imidazole rings is 1. The van der Waals surface area contributed by atoms with Gasteiger partial charge in [-0.1, -0.05) is 18.9 Å². The molecule has 1 unspecified atom stereocenters. The molecule has 0 aromatic carbocycles. The Kier molecular flexibility index (Phi) is 5.56. The number of rotatable bonds is 6. The van der Waals surface area contributed by atoms with Crippen LogP contribution in [0, 0.1) is 0 Å².